The zero-order valence-corrected chi connectivity index (χ0v) is 17.5. The van der Waals surface area contributed by atoms with E-state index in [0.29, 0.717) is 6.10 Å². The van der Waals surface area contributed by atoms with Gasteiger partial charge in [0.15, 0.2) is 0 Å². The van der Waals surface area contributed by atoms with Crippen LogP contribution in [0.5, 0.6) is 0 Å². The second-order valence-electron chi connectivity index (χ2n) is 9.39. The topological polar surface area (TPSA) is 9.23 Å². The smallest absolute Gasteiger partial charge is 0.0651 e. The number of fused-ring (bicyclic) bond motifs is 2. The second kappa shape index (κ2) is 8.95. The molecule has 0 aromatic heterocycles. The van der Waals surface area contributed by atoms with Gasteiger partial charge in [0, 0.05) is 0 Å². The summed E-state index contributed by atoms with van der Waals surface area (Å²) in [6, 6.07) is 7.30. The third-order valence-electron chi connectivity index (χ3n) is 7.88. The molecule has 0 bridgehead atoms. The zero-order chi connectivity index (χ0) is 18.6. The number of ether oxygens (including phenoxy) is 1. The van der Waals surface area contributed by atoms with Crippen LogP contribution in [0.3, 0.4) is 0 Å². The summed E-state index contributed by atoms with van der Waals surface area (Å²) in [4.78, 5) is 0. The monoisotopic (exact) mass is 366 g/mol. The lowest BCUT2D eigenvalue weighted by Crippen LogP contribution is -2.37. The Balaban J connectivity index is 1.31. The van der Waals surface area contributed by atoms with Crippen LogP contribution < -0.4 is 0 Å². The number of benzene rings is 1. The first kappa shape index (κ1) is 19.2. The molecule has 2 saturated carbocycles. The van der Waals surface area contributed by atoms with E-state index >= 15 is 0 Å². The Hall–Kier alpha value is -1.08. The minimum Gasteiger partial charge on any atom is -0.374 e. The summed E-state index contributed by atoms with van der Waals surface area (Å²) in [5.74, 6) is 3.84. The fraction of sp³-hybridized carbons (Fsp3) is 0.692. The van der Waals surface area contributed by atoms with E-state index in [4.69, 9.17) is 4.74 Å². The van der Waals surface area contributed by atoms with Crippen molar-refractivity contribution in [3.8, 4) is 0 Å². The predicted molar refractivity (Wildman–Crippen MR) is 114 cm³/mol. The SMILES string of the molecule is CC=CCO[C@@H]1CC[C@@H]2CC(C3CCc4cc(CC)ccc4C3)CCC2C1. The van der Waals surface area contributed by atoms with Crippen LogP contribution in [0.15, 0.2) is 30.4 Å². The lowest BCUT2D eigenvalue weighted by molar-refractivity contribution is -0.0138. The third-order valence-corrected chi connectivity index (χ3v) is 7.88. The summed E-state index contributed by atoms with van der Waals surface area (Å²) < 4.78 is 6.09. The molecule has 0 amide bonds. The molecule has 27 heavy (non-hydrogen) atoms. The van der Waals surface area contributed by atoms with Gasteiger partial charge in [0.05, 0.1) is 12.7 Å². The molecule has 1 aromatic rings. The molecule has 0 aliphatic heterocycles. The molecule has 3 unspecified atom stereocenters. The summed E-state index contributed by atoms with van der Waals surface area (Å²) in [5, 5.41) is 0. The van der Waals surface area contributed by atoms with Gasteiger partial charge >= 0.3 is 0 Å². The van der Waals surface area contributed by atoms with Crippen LogP contribution in [-0.2, 0) is 24.0 Å². The Labute approximate surface area is 166 Å². The molecule has 1 aromatic carbocycles. The molecular formula is C26H38O. The first-order valence-electron chi connectivity index (χ1n) is 11.6. The van der Waals surface area contributed by atoms with Gasteiger partial charge < -0.3 is 4.74 Å². The lowest BCUT2D eigenvalue weighted by Gasteiger charge is -2.45. The first-order chi connectivity index (χ1) is 13.3. The lowest BCUT2D eigenvalue weighted by atomic mass is 9.62. The van der Waals surface area contributed by atoms with E-state index in [1.807, 2.05) is 0 Å². The Morgan fingerprint density at radius 2 is 1.70 bits per heavy atom. The Morgan fingerprint density at radius 3 is 2.52 bits per heavy atom. The van der Waals surface area contributed by atoms with Gasteiger partial charge in [0.25, 0.3) is 0 Å². The highest BCUT2D eigenvalue weighted by Gasteiger charge is 2.38. The van der Waals surface area contributed by atoms with Crippen molar-refractivity contribution in [2.45, 2.75) is 84.2 Å². The van der Waals surface area contributed by atoms with Crippen molar-refractivity contribution in [3.63, 3.8) is 0 Å². The fourth-order valence-electron chi connectivity index (χ4n) is 6.21. The minimum atomic E-state index is 0.522. The van der Waals surface area contributed by atoms with Gasteiger partial charge in [-0.25, -0.2) is 0 Å². The normalized spacial score (nSPS) is 33.6. The summed E-state index contributed by atoms with van der Waals surface area (Å²) in [5.41, 5.74) is 4.82. The molecule has 148 valence electrons. The number of allylic oxidation sites excluding steroid dienone is 1. The number of aryl methyl sites for hydroxylation is 2. The van der Waals surface area contributed by atoms with Crippen LogP contribution in [0, 0.1) is 23.7 Å². The molecule has 0 heterocycles. The highest BCUT2D eigenvalue weighted by Crippen LogP contribution is 2.47. The summed E-state index contributed by atoms with van der Waals surface area (Å²) in [6.07, 6.45) is 18.5. The van der Waals surface area contributed by atoms with Crippen molar-refractivity contribution >= 4 is 0 Å². The maximum atomic E-state index is 6.09. The molecule has 3 aliphatic carbocycles. The zero-order valence-electron chi connectivity index (χ0n) is 17.5. The summed E-state index contributed by atoms with van der Waals surface area (Å²) in [7, 11) is 0. The molecular weight excluding hydrogens is 328 g/mol. The van der Waals surface area contributed by atoms with Gasteiger partial charge in [0.1, 0.15) is 0 Å². The number of rotatable bonds is 5. The van der Waals surface area contributed by atoms with Crippen LogP contribution >= 0.6 is 0 Å². The van der Waals surface area contributed by atoms with E-state index in [-0.39, 0.29) is 0 Å². The minimum absolute atomic E-state index is 0.522. The van der Waals surface area contributed by atoms with Crippen molar-refractivity contribution in [2.75, 3.05) is 6.61 Å². The van der Waals surface area contributed by atoms with Gasteiger partial charge in [0.2, 0.25) is 0 Å². The maximum Gasteiger partial charge on any atom is 0.0651 e. The molecule has 0 N–H and O–H groups in total. The van der Waals surface area contributed by atoms with Crippen LogP contribution in [-0.4, -0.2) is 12.7 Å². The van der Waals surface area contributed by atoms with Crippen LogP contribution in [0.1, 0.15) is 75.5 Å². The molecule has 0 saturated heterocycles. The van der Waals surface area contributed by atoms with Crippen LogP contribution in [0.2, 0.25) is 0 Å². The Kier molecular flexibility index (Phi) is 6.38. The van der Waals surface area contributed by atoms with Gasteiger partial charge in [-0.2, -0.15) is 0 Å². The predicted octanol–water partition coefficient (Wildman–Crippen LogP) is 6.53. The molecule has 1 nitrogen and oxygen atoms in total. The average molecular weight is 367 g/mol. The van der Waals surface area contributed by atoms with Gasteiger partial charge in [-0.3, -0.25) is 0 Å². The molecule has 4 rings (SSSR count). The third kappa shape index (κ3) is 4.50. The maximum absolute atomic E-state index is 6.09. The number of hydrogen-bond acceptors (Lipinski definition) is 1. The van der Waals surface area contributed by atoms with Crippen molar-refractivity contribution in [3.05, 3.63) is 47.0 Å². The van der Waals surface area contributed by atoms with Crippen molar-refractivity contribution in [2.24, 2.45) is 23.7 Å². The highest BCUT2D eigenvalue weighted by atomic mass is 16.5. The van der Waals surface area contributed by atoms with E-state index in [0.717, 1.165) is 30.3 Å². The van der Waals surface area contributed by atoms with Gasteiger partial charge in [-0.05, 0) is 111 Å². The summed E-state index contributed by atoms with van der Waals surface area (Å²) >= 11 is 0. The number of hydrogen-bond donors (Lipinski definition) is 0. The fourth-order valence-corrected chi connectivity index (χ4v) is 6.21. The average Bonchev–Trinajstić information content (AvgIpc) is 2.72. The quantitative estimate of drug-likeness (QED) is 0.538. The Morgan fingerprint density at radius 1 is 0.926 bits per heavy atom. The van der Waals surface area contributed by atoms with Gasteiger partial charge in [-0.15, -0.1) is 0 Å². The van der Waals surface area contributed by atoms with E-state index in [1.165, 1.54) is 69.8 Å². The van der Waals surface area contributed by atoms with E-state index < -0.39 is 0 Å². The largest absolute Gasteiger partial charge is 0.374 e. The second-order valence-corrected chi connectivity index (χ2v) is 9.39. The van der Waals surface area contributed by atoms with E-state index in [9.17, 15) is 0 Å². The van der Waals surface area contributed by atoms with E-state index in [2.05, 4.69) is 44.2 Å². The molecule has 0 radical (unpaired) electrons. The van der Waals surface area contributed by atoms with Crippen molar-refractivity contribution in [1.82, 2.24) is 0 Å². The summed E-state index contributed by atoms with van der Waals surface area (Å²) in [6.45, 7) is 5.16. The van der Waals surface area contributed by atoms with Crippen molar-refractivity contribution in [1.29, 1.82) is 0 Å². The molecule has 5 atom stereocenters. The highest BCUT2D eigenvalue weighted by molar-refractivity contribution is 5.34. The van der Waals surface area contributed by atoms with Crippen LogP contribution in [0.25, 0.3) is 0 Å². The van der Waals surface area contributed by atoms with Crippen LogP contribution in [0.4, 0.5) is 0 Å². The molecule has 1 heteroatoms. The van der Waals surface area contributed by atoms with Gasteiger partial charge in [-0.1, -0.05) is 37.3 Å². The molecule has 3 aliphatic rings. The Bertz CT molecular complexity index is 646. The standard InChI is InChI=1S/C26H38O/c1-3-5-14-27-26-13-12-24-17-23(10-11-25(24)18-26)22-9-8-20-15-19(4-2)6-7-21(20)16-22/h3,5-7,15,22-26H,4,8-14,16-18H2,1-2H3/t22?,23?,24-,25?,26-/m1/s1. The van der Waals surface area contributed by atoms with Crippen molar-refractivity contribution < 1.29 is 4.74 Å². The molecule has 2 fully saturated rings. The van der Waals surface area contributed by atoms with E-state index in [1.54, 1.807) is 11.1 Å². The first-order valence-corrected chi connectivity index (χ1v) is 11.6. The molecule has 0 spiro atoms.